The highest BCUT2D eigenvalue weighted by Gasteiger charge is 2.20. The number of ether oxygens (including phenoxy) is 1. The molecule has 152 valence electrons. The summed E-state index contributed by atoms with van der Waals surface area (Å²) in [4.78, 5) is 22.3. The van der Waals surface area contributed by atoms with Gasteiger partial charge in [-0.15, -0.1) is 11.3 Å². The molecule has 1 aliphatic rings. The number of aliphatic imine (C=N–C) groups is 1. The fraction of sp³-hybridized carbons (Fsp3) is 0.684. The molecule has 0 aliphatic carbocycles. The average molecular weight is 396 g/mol. The average Bonchev–Trinajstić information content (AvgIpc) is 3.14. The molecule has 0 aromatic carbocycles. The first-order valence-corrected chi connectivity index (χ1v) is 10.5. The summed E-state index contributed by atoms with van der Waals surface area (Å²) in [5.74, 6) is 0.944. The van der Waals surface area contributed by atoms with Crippen molar-refractivity contribution in [3.05, 3.63) is 21.9 Å². The zero-order valence-electron chi connectivity index (χ0n) is 16.8. The first-order valence-electron chi connectivity index (χ1n) is 9.59. The second-order valence-corrected chi connectivity index (χ2v) is 7.76. The minimum absolute atomic E-state index is 0.202. The predicted octanol–water partition coefficient (Wildman–Crippen LogP) is 1.16. The zero-order chi connectivity index (χ0) is 19.5. The van der Waals surface area contributed by atoms with Gasteiger partial charge in [0.15, 0.2) is 5.96 Å². The van der Waals surface area contributed by atoms with Gasteiger partial charge in [0.05, 0.1) is 0 Å². The van der Waals surface area contributed by atoms with E-state index in [-0.39, 0.29) is 5.91 Å². The van der Waals surface area contributed by atoms with E-state index in [1.807, 2.05) is 4.90 Å². The number of likely N-dealkylation sites (N-methyl/N-ethyl adjacent to an activating group) is 1. The van der Waals surface area contributed by atoms with Crippen LogP contribution in [0.15, 0.2) is 16.4 Å². The summed E-state index contributed by atoms with van der Waals surface area (Å²) in [6.07, 6.45) is 2.50. The first-order chi connectivity index (χ1) is 13.1. The van der Waals surface area contributed by atoms with E-state index in [2.05, 4.69) is 39.0 Å². The summed E-state index contributed by atoms with van der Waals surface area (Å²) < 4.78 is 5.07. The Bertz CT molecular complexity index is 605. The molecule has 1 aromatic rings. The first kappa shape index (κ1) is 21.7. The number of hydrogen-bond acceptors (Lipinski definition) is 5. The van der Waals surface area contributed by atoms with Crippen molar-refractivity contribution in [2.45, 2.75) is 25.8 Å². The molecule has 2 rings (SSSR count). The predicted molar refractivity (Wildman–Crippen MR) is 111 cm³/mol. The number of nitrogens with zero attached hydrogens (tertiary/aromatic N) is 3. The molecule has 0 saturated carbocycles. The number of guanidine groups is 1. The molecule has 1 aromatic heterocycles. The number of carbonyl (C=O) groups excluding carboxylic acids is 1. The van der Waals surface area contributed by atoms with E-state index in [0.29, 0.717) is 13.0 Å². The lowest BCUT2D eigenvalue weighted by atomic mass is 10.1. The quantitative estimate of drug-likeness (QED) is 0.353. The van der Waals surface area contributed by atoms with Crippen molar-refractivity contribution in [2.24, 2.45) is 4.99 Å². The second kappa shape index (κ2) is 11.9. The highest BCUT2D eigenvalue weighted by molar-refractivity contribution is 7.10. The van der Waals surface area contributed by atoms with Gasteiger partial charge in [-0.25, -0.2) is 0 Å². The molecule has 0 atom stereocenters. The molecule has 0 radical (unpaired) electrons. The number of carbonyl (C=O) groups is 1. The van der Waals surface area contributed by atoms with Crippen molar-refractivity contribution >= 4 is 23.2 Å². The van der Waals surface area contributed by atoms with Gasteiger partial charge in [0, 0.05) is 71.3 Å². The lowest BCUT2D eigenvalue weighted by Gasteiger charge is -2.27. The van der Waals surface area contributed by atoms with Crippen molar-refractivity contribution in [3.8, 4) is 0 Å². The fourth-order valence-corrected chi connectivity index (χ4v) is 3.97. The molecule has 0 unspecified atom stereocenters. The van der Waals surface area contributed by atoms with E-state index in [1.165, 1.54) is 10.4 Å². The van der Waals surface area contributed by atoms with E-state index in [9.17, 15) is 4.79 Å². The van der Waals surface area contributed by atoms with E-state index < -0.39 is 0 Å². The smallest absolute Gasteiger partial charge is 0.224 e. The molecule has 27 heavy (non-hydrogen) atoms. The van der Waals surface area contributed by atoms with Crippen LogP contribution < -0.4 is 10.6 Å². The molecule has 0 spiro atoms. The number of hydrogen-bond donors (Lipinski definition) is 2. The molecular weight excluding hydrogens is 362 g/mol. The number of fused-ring (bicyclic) bond motifs is 1. The lowest BCUT2D eigenvalue weighted by molar-refractivity contribution is -0.131. The molecule has 1 amide bonds. The lowest BCUT2D eigenvalue weighted by Crippen LogP contribution is -2.43. The Morgan fingerprint density at radius 3 is 2.96 bits per heavy atom. The van der Waals surface area contributed by atoms with E-state index >= 15 is 0 Å². The Labute approximate surface area is 166 Å². The molecule has 2 N–H and O–H groups in total. The van der Waals surface area contributed by atoms with Crippen LogP contribution in [0, 0.1) is 0 Å². The Morgan fingerprint density at radius 1 is 1.37 bits per heavy atom. The van der Waals surface area contributed by atoms with Crippen LogP contribution in [0.2, 0.25) is 0 Å². The number of methoxy groups -OCH3 is 1. The van der Waals surface area contributed by atoms with Gasteiger partial charge in [-0.3, -0.25) is 9.79 Å². The van der Waals surface area contributed by atoms with Crippen LogP contribution in [0.25, 0.3) is 0 Å². The van der Waals surface area contributed by atoms with Crippen molar-refractivity contribution in [2.75, 3.05) is 60.5 Å². The van der Waals surface area contributed by atoms with Crippen LogP contribution in [0.5, 0.6) is 0 Å². The van der Waals surface area contributed by atoms with Crippen LogP contribution in [0.1, 0.15) is 23.3 Å². The third kappa shape index (κ3) is 7.48. The van der Waals surface area contributed by atoms with Crippen LogP contribution >= 0.6 is 11.3 Å². The van der Waals surface area contributed by atoms with Crippen molar-refractivity contribution in [3.63, 3.8) is 0 Å². The number of rotatable bonds is 10. The molecule has 8 heteroatoms. The molecular formula is C19H33N5O2S. The molecule has 7 nitrogen and oxygen atoms in total. The highest BCUT2D eigenvalue weighted by atomic mass is 32.1. The van der Waals surface area contributed by atoms with E-state index in [4.69, 9.17) is 4.74 Å². The van der Waals surface area contributed by atoms with Crippen LogP contribution in [-0.2, 0) is 22.5 Å². The van der Waals surface area contributed by atoms with Gasteiger partial charge in [-0.2, -0.15) is 0 Å². The van der Waals surface area contributed by atoms with Gasteiger partial charge in [-0.1, -0.05) is 0 Å². The Hall–Kier alpha value is -1.64. The summed E-state index contributed by atoms with van der Waals surface area (Å²) in [6.45, 7) is 5.71. The van der Waals surface area contributed by atoms with Gasteiger partial charge in [0.25, 0.3) is 0 Å². The van der Waals surface area contributed by atoms with Crippen molar-refractivity contribution in [1.29, 1.82) is 0 Å². The van der Waals surface area contributed by atoms with Crippen molar-refractivity contribution < 1.29 is 9.53 Å². The third-order valence-corrected chi connectivity index (χ3v) is 5.71. The minimum Gasteiger partial charge on any atom is -0.385 e. The van der Waals surface area contributed by atoms with E-state index in [0.717, 1.165) is 58.1 Å². The monoisotopic (exact) mass is 395 g/mol. The van der Waals surface area contributed by atoms with Gasteiger partial charge in [-0.05, 0) is 36.9 Å². The van der Waals surface area contributed by atoms with Crippen molar-refractivity contribution in [1.82, 2.24) is 20.4 Å². The largest absolute Gasteiger partial charge is 0.385 e. The van der Waals surface area contributed by atoms with Gasteiger partial charge in [0.1, 0.15) is 0 Å². The summed E-state index contributed by atoms with van der Waals surface area (Å²) in [5.41, 5.74) is 1.31. The number of amides is 1. The SMILES string of the molecule is CN=C(NCCC(=O)N1CCc2sccc2C1)NCCN(C)CCCOC. The summed E-state index contributed by atoms with van der Waals surface area (Å²) in [5, 5.41) is 8.65. The topological polar surface area (TPSA) is 69.2 Å². The molecule has 1 aliphatic heterocycles. The summed E-state index contributed by atoms with van der Waals surface area (Å²) >= 11 is 1.79. The maximum absolute atomic E-state index is 12.4. The van der Waals surface area contributed by atoms with Gasteiger partial charge in [0.2, 0.25) is 5.91 Å². The summed E-state index contributed by atoms with van der Waals surface area (Å²) in [7, 11) is 5.58. The molecule has 2 heterocycles. The molecule has 0 bridgehead atoms. The zero-order valence-corrected chi connectivity index (χ0v) is 17.6. The van der Waals surface area contributed by atoms with Crippen LogP contribution in [-0.4, -0.2) is 82.2 Å². The number of thiophene rings is 1. The number of nitrogens with one attached hydrogen (secondary N) is 2. The minimum atomic E-state index is 0.202. The van der Waals surface area contributed by atoms with E-state index in [1.54, 1.807) is 25.5 Å². The maximum atomic E-state index is 12.4. The molecule has 0 saturated heterocycles. The Kier molecular flexibility index (Phi) is 9.58. The standard InChI is InChI=1S/C19H33N5O2S/c1-20-19(22-9-12-23(2)10-4-13-26-3)21-8-5-18(25)24-11-6-17-16(15-24)7-14-27-17/h7,14H,4-6,8-13,15H2,1-3H3,(H2,20,21,22). The normalized spacial score (nSPS) is 14.4. The Morgan fingerprint density at radius 2 is 2.19 bits per heavy atom. The maximum Gasteiger partial charge on any atom is 0.224 e. The molecule has 0 fully saturated rings. The summed E-state index contributed by atoms with van der Waals surface area (Å²) in [6, 6.07) is 2.13. The second-order valence-electron chi connectivity index (χ2n) is 6.76. The highest BCUT2D eigenvalue weighted by Crippen LogP contribution is 2.24. The van der Waals surface area contributed by atoms with Gasteiger partial charge >= 0.3 is 0 Å². The Balaban J connectivity index is 1.60. The fourth-order valence-electron chi connectivity index (χ4n) is 3.08. The third-order valence-electron chi connectivity index (χ3n) is 4.69. The van der Waals surface area contributed by atoms with Crippen LogP contribution in [0.3, 0.4) is 0 Å². The van der Waals surface area contributed by atoms with Crippen LogP contribution in [0.4, 0.5) is 0 Å². The van der Waals surface area contributed by atoms with Gasteiger partial charge < -0.3 is 25.2 Å².